The van der Waals surface area contributed by atoms with Crippen molar-refractivity contribution in [3.63, 3.8) is 0 Å². The van der Waals surface area contributed by atoms with Crippen molar-refractivity contribution < 1.29 is 19.0 Å². The highest BCUT2D eigenvalue weighted by molar-refractivity contribution is 9.09. The molecule has 1 aromatic carbocycles. The number of rotatable bonds is 23. The van der Waals surface area contributed by atoms with Crippen molar-refractivity contribution in [2.24, 2.45) is 0 Å². The Morgan fingerprint density at radius 2 is 1.15 bits per heavy atom. The standard InChI is InChI=1S/C29H49BrO4/c1-3-5-7-9-11-13-15-20-32-27-22-26(25-34-29(31)18-17-19-30)23-28(24-27)33-21-16-14-12-10-8-6-4-2/h22-24H,3-21,25H2,1-2H3. The van der Waals surface area contributed by atoms with Gasteiger partial charge < -0.3 is 14.2 Å². The number of benzene rings is 1. The molecule has 196 valence electrons. The first-order chi connectivity index (χ1) is 16.7. The van der Waals surface area contributed by atoms with Crippen LogP contribution in [-0.2, 0) is 16.1 Å². The summed E-state index contributed by atoms with van der Waals surface area (Å²) in [6.07, 6.45) is 18.9. The molecule has 0 bridgehead atoms. The molecule has 0 atom stereocenters. The van der Waals surface area contributed by atoms with E-state index in [1.807, 2.05) is 18.2 Å². The average Bonchev–Trinajstić information content (AvgIpc) is 2.84. The van der Waals surface area contributed by atoms with E-state index in [0.29, 0.717) is 19.6 Å². The third kappa shape index (κ3) is 17.2. The molecule has 0 fully saturated rings. The molecule has 5 heteroatoms. The van der Waals surface area contributed by atoms with Crippen LogP contribution < -0.4 is 9.47 Å². The molecule has 0 aromatic heterocycles. The largest absolute Gasteiger partial charge is 0.493 e. The van der Waals surface area contributed by atoms with Crippen molar-refractivity contribution in [2.45, 2.75) is 123 Å². The fourth-order valence-electron chi connectivity index (χ4n) is 3.83. The molecule has 0 aliphatic heterocycles. The molecule has 0 N–H and O–H groups in total. The van der Waals surface area contributed by atoms with Crippen LogP contribution in [0.1, 0.15) is 122 Å². The molecule has 0 radical (unpaired) electrons. The zero-order valence-electron chi connectivity index (χ0n) is 21.9. The number of ether oxygens (including phenoxy) is 3. The molecule has 0 aliphatic rings. The highest BCUT2D eigenvalue weighted by atomic mass is 79.9. The molecule has 4 nitrogen and oxygen atoms in total. The van der Waals surface area contributed by atoms with Gasteiger partial charge in [0.2, 0.25) is 0 Å². The van der Waals surface area contributed by atoms with Crippen molar-refractivity contribution in [3.8, 4) is 11.5 Å². The SMILES string of the molecule is CCCCCCCCCOc1cc(COC(=O)CCCBr)cc(OCCCCCCCCC)c1. The van der Waals surface area contributed by atoms with Crippen LogP contribution in [0.25, 0.3) is 0 Å². The van der Waals surface area contributed by atoms with E-state index in [1.54, 1.807) is 0 Å². The molecular formula is C29H49BrO4. The topological polar surface area (TPSA) is 44.8 Å². The number of alkyl halides is 1. The van der Waals surface area contributed by atoms with Crippen molar-refractivity contribution in [1.29, 1.82) is 0 Å². The van der Waals surface area contributed by atoms with Crippen LogP contribution >= 0.6 is 15.9 Å². The van der Waals surface area contributed by atoms with Crippen LogP contribution in [-0.4, -0.2) is 24.5 Å². The van der Waals surface area contributed by atoms with Crippen LogP contribution in [0.15, 0.2) is 18.2 Å². The first kappa shape index (κ1) is 30.8. The summed E-state index contributed by atoms with van der Waals surface area (Å²) in [6, 6.07) is 5.91. The van der Waals surface area contributed by atoms with Gasteiger partial charge in [-0.2, -0.15) is 0 Å². The lowest BCUT2D eigenvalue weighted by molar-refractivity contribution is -0.144. The molecule has 0 amide bonds. The van der Waals surface area contributed by atoms with Gasteiger partial charge in [-0.15, -0.1) is 0 Å². The van der Waals surface area contributed by atoms with Gasteiger partial charge in [-0.3, -0.25) is 4.79 Å². The molecule has 0 unspecified atom stereocenters. The quantitative estimate of drug-likeness (QED) is 0.0787. The Kier molecular flexibility index (Phi) is 20.2. The lowest BCUT2D eigenvalue weighted by Gasteiger charge is -2.13. The minimum atomic E-state index is -0.167. The third-order valence-corrected chi connectivity index (χ3v) is 6.45. The van der Waals surface area contributed by atoms with E-state index < -0.39 is 0 Å². The molecule has 0 saturated heterocycles. The van der Waals surface area contributed by atoms with Gasteiger partial charge in [0.1, 0.15) is 18.1 Å². The minimum absolute atomic E-state index is 0.167. The maximum absolute atomic E-state index is 11.9. The normalized spacial score (nSPS) is 10.9. The summed E-state index contributed by atoms with van der Waals surface area (Å²) in [4.78, 5) is 11.9. The fourth-order valence-corrected chi connectivity index (χ4v) is 4.11. The molecule has 1 aromatic rings. The predicted octanol–water partition coefficient (Wildman–Crippen LogP) is 9.16. The van der Waals surface area contributed by atoms with E-state index in [0.717, 1.165) is 41.7 Å². The molecule has 1 rings (SSSR count). The Morgan fingerprint density at radius 1 is 0.676 bits per heavy atom. The fraction of sp³-hybridized carbons (Fsp3) is 0.759. The Bertz CT molecular complexity index is 582. The van der Waals surface area contributed by atoms with Gasteiger partial charge in [0.15, 0.2) is 0 Å². The number of unbranched alkanes of at least 4 members (excludes halogenated alkanes) is 12. The second kappa shape index (κ2) is 22.2. The van der Waals surface area contributed by atoms with Gasteiger partial charge in [-0.25, -0.2) is 0 Å². The predicted molar refractivity (Wildman–Crippen MR) is 146 cm³/mol. The number of hydrogen-bond donors (Lipinski definition) is 0. The molecule has 0 saturated carbocycles. The summed E-state index contributed by atoms with van der Waals surface area (Å²) in [5, 5.41) is 0.806. The lowest BCUT2D eigenvalue weighted by atomic mass is 10.1. The second-order valence-electron chi connectivity index (χ2n) is 9.21. The smallest absolute Gasteiger partial charge is 0.306 e. The van der Waals surface area contributed by atoms with E-state index in [4.69, 9.17) is 14.2 Å². The van der Waals surface area contributed by atoms with Crippen molar-refractivity contribution in [1.82, 2.24) is 0 Å². The van der Waals surface area contributed by atoms with Gasteiger partial charge in [0, 0.05) is 17.8 Å². The first-order valence-corrected chi connectivity index (χ1v) is 14.9. The molecule has 34 heavy (non-hydrogen) atoms. The van der Waals surface area contributed by atoms with E-state index in [2.05, 4.69) is 29.8 Å². The summed E-state index contributed by atoms with van der Waals surface area (Å²) in [6.45, 7) is 6.17. The second-order valence-corrected chi connectivity index (χ2v) is 10.00. The maximum Gasteiger partial charge on any atom is 0.306 e. The zero-order valence-corrected chi connectivity index (χ0v) is 23.5. The van der Waals surface area contributed by atoms with Gasteiger partial charge in [0.25, 0.3) is 0 Å². The van der Waals surface area contributed by atoms with Crippen LogP contribution in [0.4, 0.5) is 0 Å². The maximum atomic E-state index is 11.9. The lowest BCUT2D eigenvalue weighted by Crippen LogP contribution is -2.06. The Labute approximate surface area is 217 Å². The third-order valence-electron chi connectivity index (χ3n) is 5.89. The summed E-state index contributed by atoms with van der Waals surface area (Å²) in [5.41, 5.74) is 0.916. The number of carbonyl (C=O) groups is 1. The van der Waals surface area contributed by atoms with E-state index in [1.165, 1.54) is 77.0 Å². The first-order valence-electron chi connectivity index (χ1n) is 13.8. The highest BCUT2D eigenvalue weighted by Crippen LogP contribution is 2.25. The molecular weight excluding hydrogens is 492 g/mol. The number of esters is 1. The number of hydrogen-bond acceptors (Lipinski definition) is 4. The van der Waals surface area contributed by atoms with E-state index in [-0.39, 0.29) is 12.6 Å². The Balaban J connectivity index is 2.48. The summed E-state index contributed by atoms with van der Waals surface area (Å²) in [7, 11) is 0. The van der Waals surface area contributed by atoms with Crippen molar-refractivity contribution in [2.75, 3.05) is 18.5 Å². The van der Waals surface area contributed by atoms with E-state index >= 15 is 0 Å². The molecule has 0 aliphatic carbocycles. The van der Waals surface area contributed by atoms with Crippen LogP contribution in [0.5, 0.6) is 11.5 Å². The highest BCUT2D eigenvalue weighted by Gasteiger charge is 2.08. The summed E-state index contributed by atoms with van der Waals surface area (Å²) >= 11 is 3.35. The van der Waals surface area contributed by atoms with Gasteiger partial charge in [-0.05, 0) is 37.0 Å². The van der Waals surface area contributed by atoms with E-state index in [9.17, 15) is 4.79 Å². The zero-order chi connectivity index (χ0) is 24.7. The Hall–Kier alpha value is -1.23. The Morgan fingerprint density at radius 3 is 1.62 bits per heavy atom. The number of carbonyl (C=O) groups excluding carboxylic acids is 1. The van der Waals surface area contributed by atoms with Crippen LogP contribution in [0.3, 0.4) is 0 Å². The van der Waals surface area contributed by atoms with Crippen LogP contribution in [0, 0.1) is 0 Å². The van der Waals surface area contributed by atoms with Crippen molar-refractivity contribution >= 4 is 21.9 Å². The summed E-state index contributed by atoms with van der Waals surface area (Å²) < 4.78 is 17.5. The minimum Gasteiger partial charge on any atom is -0.493 e. The molecule has 0 spiro atoms. The van der Waals surface area contributed by atoms with Gasteiger partial charge in [0.05, 0.1) is 13.2 Å². The van der Waals surface area contributed by atoms with Crippen LogP contribution in [0.2, 0.25) is 0 Å². The van der Waals surface area contributed by atoms with Crippen molar-refractivity contribution in [3.05, 3.63) is 23.8 Å². The monoisotopic (exact) mass is 540 g/mol. The van der Waals surface area contributed by atoms with Gasteiger partial charge in [-0.1, -0.05) is 107 Å². The average molecular weight is 542 g/mol. The van der Waals surface area contributed by atoms with Gasteiger partial charge >= 0.3 is 5.97 Å². The molecule has 0 heterocycles. The number of halogens is 1. The summed E-state index contributed by atoms with van der Waals surface area (Å²) in [5.74, 6) is 1.43.